The molecule has 2 heterocycles. The second-order valence-corrected chi connectivity index (χ2v) is 18.8. The van der Waals surface area contributed by atoms with Crippen molar-refractivity contribution >= 4 is 122 Å². The van der Waals surface area contributed by atoms with Crippen molar-refractivity contribution in [2.24, 2.45) is 10.9 Å². The first-order valence-corrected chi connectivity index (χ1v) is 23.0. The standard InChI is InChI=1S/C21H15N5O10S2.C13H11N5O9S2/c22-18-13-5-12(37(31,32)33)6-14-17(13)15(7-16(18)38(34,35)36)20(29)26(19(14)28)25-21(30)24-23-8-10-2-1-3-11(4-10)9-27;14-10-5-1-4(28(22,23)24)2-6-9(5)7(3-8(10)29(25,26)27)12(20)18(11(6)19)17-13(21)16-15/h1-9H,22H2,(H2,24,25,30)(H,31,32,33)(H,34,35,36);1-3H,14-15H2,(H2,16,17,21)(H,22,23,24)(H,25,26,27)/p-4/b23-8+;. The van der Waals surface area contributed by atoms with Crippen molar-refractivity contribution in [2.45, 2.75) is 19.6 Å². The van der Waals surface area contributed by atoms with E-state index in [1.54, 1.807) is 23.0 Å². The molecule has 33 heteroatoms. The van der Waals surface area contributed by atoms with E-state index in [4.69, 9.17) is 17.3 Å². The Hall–Kier alpha value is -8.02. The van der Waals surface area contributed by atoms with Gasteiger partial charge in [-0.05, 0) is 48.0 Å². The average Bonchev–Trinajstić information content (AvgIpc) is 3.24. The molecule has 0 spiro atoms. The van der Waals surface area contributed by atoms with E-state index in [0.29, 0.717) is 53.8 Å². The lowest BCUT2D eigenvalue weighted by atomic mass is 9.93. The Morgan fingerprint density at radius 2 is 0.955 bits per heavy atom. The van der Waals surface area contributed by atoms with Crippen LogP contribution in [-0.4, -0.2) is 110 Å². The lowest BCUT2D eigenvalue weighted by molar-refractivity contribution is 0.0529. The number of nitrogens with one attached hydrogen (secondary N) is 4. The first-order chi connectivity index (χ1) is 31.0. The molecular formula is C34H22N10O19S4-4. The summed E-state index contributed by atoms with van der Waals surface area (Å²) in [4.78, 5) is 81.8. The summed E-state index contributed by atoms with van der Waals surface area (Å²) in [5.74, 6) is -0.262. The lowest BCUT2D eigenvalue weighted by Crippen LogP contribution is -2.55. The molecule has 0 saturated carbocycles. The highest BCUT2D eigenvalue weighted by Crippen LogP contribution is 2.40. The summed E-state index contributed by atoms with van der Waals surface area (Å²) in [5, 5.41) is 2.17. The van der Waals surface area contributed by atoms with Crippen LogP contribution in [0.5, 0.6) is 0 Å². The fourth-order valence-corrected chi connectivity index (χ4v) is 8.78. The molecule has 7 rings (SSSR count). The molecular weight excluding hydrogens is 981 g/mol. The summed E-state index contributed by atoms with van der Waals surface area (Å²) in [6.45, 7) is 0. The van der Waals surface area contributed by atoms with Gasteiger partial charge >= 0.3 is 12.1 Å². The minimum absolute atomic E-state index is 0.0951. The highest BCUT2D eigenvalue weighted by molar-refractivity contribution is 7.86. The van der Waals surface area contributed by atoms with E-state index in [1.165, 1.54) is 12.1 Å². The molecule has 0 bridgehead atoms. The number of anilines is 2. The molecule has 0 radical (unpaired) electrons. The van der Waals surface area contributed by atoms with Crippen LogP contribution in [0.4, 0.5) is 21.0 Å². The summed E-state index contributed by atoms with van der Waals surface area (Å²) in [7, 11) is -21.0. The number of nitrogen functional groups attached to an aromatic ring is 2. The number of rotatable bonds is 9. The summed E-state index contributed by atoms with van der Waals surface area (Å²) in [6, 6.07) is 7.30. The molecule has 8 amide bonds. The number of nitrogens with zero attached hydrogens (tertiary/aromatic N) is 3. The highest BCUT2D eigenvalue weighted by Gasteiger charge is 2.38. The molecule has 0 aromatic heterocycles. The number of hydrogen-bond donors (Lipinski definition) is 7. The van der Waals surface area contributed by atoms with Crippen LogP contribution in [0.2, 0.25) is 0 Å². The Labute approximate surface area is 373 Å². The van der Waals surface area contributed by atoms with Crippen molar-refractivity contribution in [3.63, 3.8) is 0 Å². The number of benzene rings is 5. The number of hydrogen-bond acceptors (Lipinski definition) is 23. The van der Waals surface area contributed by atoms with Crippen molar-refractivity contribution in [2.75, 3.05) is 11.5 Å². The summed E-state index contributed by atoms with van der Waals surface area (Å²) in [6.07, 6.45) is 1.73. The first kappa shape index (κ1) is 48.4. The largest absolute Gasteiger partial charge is 0.744 e. The van der Waals surface area contributed by atoms with E-state index in [1.807, 2.05) is 10.9 Å². The maximum atomic E-state index is 13.1. The third-order valence-corrected chi connectivity index (χ3v) is 12.6. The zero-order valence-corrected chi connectivity index (χ0v) is 35.7. The van der Waals surface area contributed by atoms with Crippen LogP contribution in [0.25, 0.3) is 21.5 Å². The van der Waals surface area contributed by atoms with Crippen LogP contribution in [0, 0.1) is 0 Å². The van der Waals surface area contributed by atoms with Gasteiger partial charge in [-0.2, -0.15) is 15.1 Å². The van der Waals surface area contributed by atoms with Gasteiger partial charge in [-0.15, -0.1) is 0 Å². The molecule has 10 N–H and O–H groups in total. The first-order valence-electron chi connectivity index (χ1n) is 17.3. The second kappa shape index (κ2) is 17.1. The van der Waals surface area contributed by atoms with E-state index in [0.717, 1.165) is 6.21 Å². The fraction of sp³-hybridized carbons (Fsp3) is 0. The number of imide groups is 2. The number of carbonyl (C=O) groups excluding carboxylic acids is 7. The topological polar surface area (TPSA) is 493 Å². The van der Waals surface area contributed by atoms with Crippen LogP contribution in [0.3, 0.4) is 0 Å². The smallest absolute Gasteiger partial charge is 0.354 e. The van der Waals surface area contributed by atoms with E-state index < -0.39 is 140 Å². The SMILES string of the molecule is NNC(=O)NN1C(=O)c2cc(S(=O)(=O)[O-])cc3c(N)c(S(=O)(=O)[O-])cc(c23)C1=O.Nc1c(S(=O)(=O)[O-])cc2c3c(cc(S(=O)(=O)[O-])cc13)C(=O)N(NC(=O)N/N=C/c1cccc(C=O)c1)C2=O. The van der Waals surface area contributed by atoms with Gasteiger partial charge in [-0.1, -0.05) is 18.2 Å². The van der Waals surface area contributed by atoms with Crippen molar-refractivity contribution < 1.29 is 85.4 Å². The predicted molar refractivity (Wildman–Crippen MR) is 217 cm³/mol. The zero-order valence-electron chi connectivity index (χ0n) is 32.4. The van der Waals surface area contributed by atoms with Gasteiger partial charge in [0.05, 0.1) is 59.4 Å². The number of urea groups is 2. The zero-order chi connectivity index (χ0) is 49.9. The molecule has 29 nitrogen and oxygen atoms in total. The maximum absolute atomic E-state index is 13.1. The molecule has 0 unspecified atom stereocenters. The van der Waals surface area contributed by atoms with Gasteiger partial charge in [0.2, 0.25) is 0 Å². The van der Waals surface area contributed by atoms with E-state index in [9.17, 15) is 85.4 Å². The molecule has 0 atom stereocenters. The number of hydrazine groups is 3. The average molecular weight is 1000 g/mol. The Balaban J connectivity index is 0.000000229. The summed E-state index contributed by atoms with van der Waals surface area (Å²) < 4.78 is 139. The Bertz CT molecular complexity index is 3580. The molecule has 0 saturated heterocycles. The van der Waals surface area contributed by atoms with Gasteiger partial charge in [0.15, 0.2) is 0 Å². The van der Waals surface area contributed by atoms with Crippen LogP contribution in [0.15, 0.2) is 85.3 Å². The monoisotopic (exact) mass is 1000 g/mol. The van der Waals surface area contributed by atoms with Crippen molar-refractivity contribution in [1.29, 1.82) is 0 Å². The van der Waals surface area contributed by atoms with Crippen molar-refractivity contribution in [3.05, 3.63) is 94.0 Å². The minimum atomic E-state index is -5.31. The summed E-state index contributed by atoms with van der Waals surface area (Å²) in [5.41, 5.74) is 15.4. The summed E-state index contributed by atoms with van der Waals surface area (Å²) >= 11 is 0. The Morgan fingerprint density at radius 3 is 1.33 bits per heavy atom. The minimum Gasteiger partial charge on any atom is -0.744 e. The molecule has 350 valence electrons. The van der Waals surface area contributed by atoms with Crippen molar-refractivity contribution in [3.8, 4) is 0 Å². The number of carbonyl (C=O) groups is 7. The van der Waals surface area contributed by atoms with Gasteiger partial charge in [0.25, 0.3) is 23.6 Å². The van der Waals surface area contributed by atoms with Gasteiger partial charge in [0, 0.05) is 27.1 Å². The van der Waals surface area contributed by atoms with Crippen LogP contribution in [-0.2, 0) is 40.5 Å². The normalized spacial score (nSPS) is 13.9. The highest BCUT2D eigenvalue weighted by atomic mass is 32.2. The van der Waals surface area contributed by atoms with Crippen LogP contribution in [0.1, 0.15) is 57.4 Å². The molecule has 0 fully saturated rings. The van der Waals surface area contributed by atoms with Gasteiger partial charge in [0.1, 0.15) is 46.8 Å². The number of hydrazone groups is 1. The lowest BCUT2D eigenvalue weighted by Gasteiger charge is -2.28. The Morgan fingerprint density at radius 1 is 0.567 bits per heavy atom. The third kappa shape index (κ3) is 9.27. The third-order valence-electron chi connectivity index (χ3n) is 9.26. The number of nitrogens with two attached hydrogens (primary N) is 3. The predicted octanol–water partition coefficient (Wildman–Crippen LogP) is -2.20. The molecule has 2 aliphatic rings. The van der Waals surface area contributed by atoms with Gasteiger partial charge in [-0.3, -0.25) is 29.4 Å². The maximum Gasteiger partial charge on any atom is 0.354 e. The van der Waals surface area contributed by atoms with Gasteiger partial charge < -0.3 is 29.7 Å². The van der Waals surface area contributed by atoms with Crippen LogP contribution >= 0.6 is 0 Å². The Kier molecular flexibility index (Phi) is 12.3. The molecule has 5 aromatic carbocycles. The van der Waals surface area contributed by atoms with E-state index >= 15 is 0 Å². The fourth-order valence-electron chi connectivity index (χ4n) is 6.45. The van der Waals surface area contributed by atoms with Crippen LogP contribution < -0.4 is 39.0 Å². The van der Waals surface area contributed by atoms with Gasteiger partial charge in [-0.25, -0.2) is 65.4 Å². The quantitative estimate of drug-likeness (QED) is 0.0120. The molecule has 5 aromatic rings. The second-order valence-electron chi connectivity index (χ2n) is 13.4. The molecule has 0 aliphatic carbocycles. The molecule has 67 heavy (non-hydrogen) atoms. The van der Waals surface area contributed by atoms with Crippen molar-refractivity contribution in [1.82, 2.24) is 31.7 Å². The molecule has 2 aliphatic heterocycles. The van der Waals surface area contributed by atoms with E-state index in [2.05, 4.69) is 5.10 Å². The number of amides is 8. The number of aldehydes is 1. The van der Waals surface area contributed by atoms with E-state index in [-0.39, 0.29) is 20.8 Å².